The van der Waals surface area contributed by atoms with E-state index in [1.165, 1.54) is 24.2 Å². The van der Waals surface area contributed by atoms with Crippen LogP contribution in [0.2, 0.25) is 0 Å². The van der Waals surface area contributed by atoms with Crippen molar-refractivity contribution in [3.05, 3.63) is 9.81 Å². The molecule has 1 aliphatic heterocycles. The molecule has 1 aromatic heterocycles. The van der Waals surface area contributed by atoms with Crippen LogP contribution in [0.25, 0.3) is 0 Å². The van der Waals surface area contributed by atoms with E-state index in [9.17, 15) is 4.79 Å². The maximum atomic E-state index is 12.5. The van der Waals surface area contributed by atoms with Gasteiger partial charge < -0.3 is 10.1 Å². The molecule has 1 N–H and O–H groups in total. The Labute approximate surface area is 160 Å². The van der Waals surface area contributed by atoms with Crippen molar-refractivity contribution in [3.63, 3.8) is 0 Å². The summed E-state index contributed by atoms with van der Waals surface area (Å²) in [6, 6.07) is 0.0128. The van der Waals surface area contributed by atoms with Crippen molar-refractivity contribution < 1.29 is 9.53 Å². The highest BCUT2D eigenvalue weighted by atomic mass is 32.1. The SMILES string of the molecule is CC1CCC(NC(=O)N=c2sc(C(C)(C)C)nn2C[C@H]2CCCO2)CC1. The number of ether oxygens (including phenoxy) is 1. The maximum Gasteiger partial charge on any atom is 0.343 e. The number of hydrogen-bond donors (Lipinski definition) is 1. The molecule has 7 heteroatoms. The Hall–Kier alpha value is -1.21. The summed E-state index contributed by atoms with van der Waals surface area (Å²) in [7, 11) is 0. The molecular weight excluding hydrogens is 348 g/mol. The number of nitrogens with one attached hydrogen (secondary N) is 1. The summed E-state index contributed by atoms with van der Waals surface area (Å²) in [5, 5.41) is 8.82. The Kier molecular flexibility index (Phi) is 6.17. The zero-order valence-corrected chi connectivity index (χ0v) is 17.3. The zero-order chi connectivity index (χ0) is 18.7. The average Bonchev–Trinajstić information content (AvgIpc) is 3.20. The fraction of sp³-hybridized carbons (Fsp3) is 0.842. The zero-order valence-electron chi connectivity index (χ0n) is 16.5. The van der Waals surface area contributed by atoms with E-state index in [0.29, 0.717) is 11.3 Å². The van der Waals surface area contributed by atoms with Crippen molar-refractivity contribution in [2.45, 2.75) is 90.3 Å². The summed E-state index contributed by atoms with van der Waals surface area (Å²) in [6.45, 7) is 10.2. The van der Waals surface area contributed by atoms with E-state index in [4.69, 9.17) is 9.84 Å². The van der Waals surface area contributed by atoms with Crippen molar-refractivity contribution in [1.29, 1.82) is 0 Å². The number of aromatic nitrogens is 2. The number of amides is 2. The molecule has 0 spiro atoms. The molecule has 26 heavy (non-hydrogen) atoms. The quantitative estimate of drug-likeness (QED) is 0.871. The molecule has 0 bridgehead atoms. The van der Waals surface area contributed by atoms with Gasteiger partial charge in [-0.25, -0.2) is 9.48 Å². The molecule has 2 aliphatic rings. The molecule has 0 unspecified atom stereocenters. The lowest BCUT2D eigenvalue weighted by atomic mass is 9.87. The Morgan fingerprint density at radius 2 is 2.04 bits per heavy atom. The number of nitrogens with zero attached hydrogens (tertiary/aromatic N) is 3. The number of carbonyl (C=O) groups is 1. The summed E-state index contributed by atoms with van der Waals surface area (Å²) in [6.07, 6.45) is 6.77. The van der Waals surface area contributed by atoms with Crippen molar-refractivity contribution in [2.24, 2.45) is 10.9 Å². The van der Waals surface area contributed by atoms with E-state index < -0.39 is 0 Å². The molecule has 0 radical (unpaired) electrons. The van der Waals surface area contributed by atoms with Crippen molar-refractivity contribution in [2.75, 3.05) is 6.61 Å². The largest absolute Gasteiger partial charge is 0.376 e. The lowest BCUT2D eigenvalue weighted by Crippen LogP contribution is -2.37. The van der Waals surface area contributed by atoms with Gasteiger partial charge in [0.1, 0.15) is 5.01 Å². The van der Waals surface area contributed by atoms with Gasteiger partial charge in [0.25, 0.3) is 0 Å². The van der Waals surface area contributed by atoms with Crippen LogP contribution in [-0.2, 0) is 16.7 Å². The molecule has 0 aromatic carbocycles. The minimum Gasteiger partial charge on any atom is -0.376 e. The third-order valence-corrected chi connectivity index (χ3v) is 6.58. The lowest BCUT2D eigenvalue weighted by Gasteiger charge is -2.26. The second kappa shape index (κ2) is 8.21. The van der Waals surface area contributed by atoms with Crippen LogP contribution >= 0.6 is 11.3 Å². The minimum absolute atomic E-state index is 0.0628. The van der Waals surface area contributed by atoms with E-state index in [0.717, 1.165) is 43.2 Å². The number of urea groups is 1. The van der Waals surface area contributed by atoms with Crippen LogP contribution in [0.3, 0.4) is 0 Å². The Morgan fingerprint density at radius 3 is 2.65 bits per heavy atom. The van der Waals surface area contributed by atoms with E-state index in [2.05, 4.69) is 38.0 Å². The number of hydrogen-bond acceptors (Lipinski definition) is 4. The molecule has 146 valence electrons. The van der Waals surface area contributed by atoms with Crippen LogP contribution in [0.15, 0.2) is 4.99 Å². The Bertz CT molecular complexity index is 674. The molecule has 1 atom stereocenters. The Morgan fingerprint density at radius 1 is 1.31 bits per heavy atom. The van der Waals surface area contributed by atoms with Gasteiger partial charge in [-0.3, -0.25) is 0 Å². The molecule has 1 aliphatic carbocycles. The van der Waals surface area contributed by atoms with Crippen LogP contribution in [-0.4, -0.2) is 34.6 Å². The standard InChI is InChI=1S/C19H32N4O2S/c1-13-7-9-14(10-8-13)20-17(24)21-18-23(12-15-6-5-11-25-15)22-16(26-18)19(2,3)4/h13-15H,5-12H2,1-4H3,(H,20,24)/t13?,14?,15-/m1/s1. The summed E-state index contributed by atoms with van der Waals surface area (Å²) >= 11 is 1.51. The first-order chi connectivity index (χ1) is 12.3. The van der Waals surface area contributed by atoms with Gasteiger partial charge in [0.2, 0.25) is 4.80 Å². The molecule has 1 aromatic rings. The van der Waals surface area contributed by atoms with Gasteiger partial charge in [-0.1, -0.05) is 39.0 Å². The minimum atomic E-state index is -0.241. The van der Waals surface area contributed by atoms with Gasteiger partial charge in [-0.15, -0.1) is 0 Å². The van der Waals surface area contributed by atoms with Crippen molar-refractivity contribution in [3.8, 4) is 0 Å². The van der Waals surface area contributed by atoms with Gasteiger partial charge in [0.05, 0.1) is 12.6 Å². The predicted molar refractivity (Wildman–Crippen MR) is 103 cm³/mol. The Balaban J connectivity index is 1.76. The van der Waals surface area contributed by atoms with Crippen molar-refractivity contribution in [1.82, 2.24) is 15.1 Å². The van der Waals surface area contributed by atoms with Crippen LogP contribution in [0, 0.1) is 5.92 Å². The van der Waals surface area contributed by atoms with Crippen LogP contribution in [0.5, 0.6) is 0 Å². The highest BCUT2D eigenvalue weighted by Crippen LogP contribution is 2.24. The fourth-order valence-corrected chi connectivity index (χ4v) is 4.46. The first-order valence-corrected chi connectivity index (χ1v) is 10.7. The van der Waals surface area contributed by atoms with Gasteiger partial charge >= 0.3 is 6.03 Å². The topological polar surface area (TPSA) is 68.5 Å². The summed E-state index contributed by atoms with van der Waals surface area (Å²) in [5.41, 5.74) is -0.0628. The normalized spacial score (nSPS) is 27.7. The summed E-state index contributed by atoms with van der Waals surface area (Å²) in [4.78, 5) is 17.5. The molecule has 1 saturated heterocycles. The van der Waals surface area contributed by atoms with E-state index in [1.807, 2.05) is 4.68 Å². The first-order valence-electron chi connectivity index (χ1n) is 9.86. The van der Waals surface area contributed by atoms with E-state index >= 15 is 0 Å². The smallest absolute Gasteiger partial charge is 0.343 e. The van der Waals surface area contributed by atoms with Gasteiger partial charge in [-0.05, 0) is 44.4 Å². The van der Waals surface area contributed by atoms with Crippen LogP contribution in [0.4, 0.5) is 4.79 Å². The number of rotatable bonds is 3. The lowest BCUT2D eigenvalue weighted by molar-refractivity contribution is 0.0928. The third-order valence-electron chi connectivity index (χ3n) is 5.20. The second-order valence-corrected chi connectivity index (χ2v) is 9.73. The van der Waals surface area contributed by atoms with Gasteiger partial charge in [-0.2, -0.15) is 10.1 Å². The highest BCUT2D eigenvalue weighted by Gasteiger charge is 2.24. The van der Waals surface area contributed by atoms with Crippen LogP contribution in [0.1, 0.15) is 71.2 Å². The van der Waals surface area contributed by atoms with Gasteiger partial charge in [0, 0.05) is 18.1 Å². The third kappa shape index (κ3) is 5.16. The molecular formula is C19H32N4O2S. The molecule has 2 amide bonds. The molecule has 6 nitrogen and oxygen atoms in total. The monoisotopic (exact) mass is 380 g/mol. The average molecular weight is 381 g/mol. The summed E-state index contributed by atoms with van der Waals surface area (Å²) < 4.78 is 7.61. The van der Waals surface area contributed by atoms with Crippen molar-refractivity contribution >= 4 is 17.4 Å². The summed E-state index contributed by atoms with van der Waals surface area (Å²) in [5.74, 6) is 0.768. The van der Waals surface area contributed by atoms with Gasteiger partial charge in [0.15, 0.2) is 0 Å². The highest BCUT2D eigenvalue weighted by molar-refractivity contribution is 7.09. The maximum absolute atomic E-state index is 12.5. The molecule has 3 rings (SSSR count). The first kappa shape index (κ1) is 19.5. The molecule has 2 fully saturated rings. The van der Waals surface area contributed by atoms with Crippen LogP contribution < -0.4 is 10.1 Å². The number of carbonyl (C=O) groups excluding carboxylic acids is 1. The van der Waals surface area contributed by atoms with E-state index in [-0.39, 0.29) is 23.6 Å². The second-order valence-electron chi connectivity index (χ2n) is 8.78. The predicted octanol–water partition coefficient (Wildman–Crippen LogP) is 3.61. The molecule has 1 saturated carbocycles. The fourth-order valence-electron chi connectivity index (χ4n) is 3.49. The molecule has 2 heterocycles. The van der Waals surface area contributed by atoms with E-state index in [1.54, 1.807) is 0 Å².